The fourth-order valence-corrected chi connectivity index (χ4v) is 6.71. The molecule has 0 aromatic heterocycles. The van der Waals surface area contributed by atoms with Crippen LogP contribution in [0.5, 0.6) is 0 Å². The summed E-state index contributed by atoms with van der Waals surface area (Å²) in [4.78, 5) is 0. The molecule has 5 aliphatic heterocycles. The standard InChI is InChI=1S/C30H52O26/c31-1-6-11(33)17(39)21(43)27(52-6)48-4-9-13(35)18(40)22(44)28(54-9)49-5-10-14(36)19(41)23(45)30(55-10)56-25-15(37)7(2-32)53-29(24(25)46)50-3-8-12(34)16(38)20(42)26(47)51-8/h6-47H,1-5H2/t6-,7-,8-,9-,10-,11-,12-,13-,14-,15-,16+,17+,18+,19+,20-,21-,22-,23-,24-,25+,26?,27-,28-,29-,30+/m1/s1. The van der Waals surface area contributed by atoms with Gasteiger partial charge in [-0.1, -0.05) is 0 Å². The minimum Gasteiger partial charge on any atom is -0.394 e. The monoisotopic (exact) mass is 828 g/mol. The molecule has 0 aromatic carbocycles. The smallest absolute Gasteiger partial charge is 0.187 e. The van der Waals surface area contributed by atoms with E-state index in [2.05, 4.69) is 0 Å². The summed E-state index contributed by atoms with van der Waals surface area (Å²) in [6.07, 6.45) is -44.8. The fraction of sp³-hybridized carbons (Fsp3) is 1.00. The second kappa shape index (κ2) is 19.6. The Morgan fingerprint density at radius 3 is 1.07 bits per heavy atom. The predicted molar refractivity (Wildman–Crippen MR) is 167 cm³/mol. The Hall–Kier alpha value is -1.04. The van der Waals surface area contributed by atoms with Crippen LogP contribution in [-0.4, -0.2) is 273 Å². The summed E-state index contributed by atoms with van der Waals surface area (Å²) < 4.78 is 48.6. The highest BCUT2D eigenvalue weighted by molar-refractivity contribution is 4.96. The van der Waals surface area contributed by atoms with E-state index in [4.69, 9.17) is 42.6 Å². The van der Waals surface area contributed by atoms with Crippen molar-refractivity contribution in [3.8, 4) is 0 Å². The van der Waals surface area contributed by atoms with Gasteiger partial charge in [0.25, 0.3) is 0 Å². The molecule has 0 bridgehead atoms. The number of hydrogen-bond acceptors (Lipinski definition) is 26. The third kappa shape index (κ3) is 9.61. The molecule has 5 rings (SSSR count). The van der Waals surface area contributed by atoms with E-state index in [9.17, 15) is 86.8 Å². The lowest BCUT2D eigenvalue weighted by atomic mass is 9.96. The van der Waals surface area contributed by atoms with Crippen molar-refractivity contribution >= 4 is 0 Å². The van der Waals surface area contributed by atoms with E-state index in [0.717, 1.165) is 0 Å². The first-order chi connectivity index (χ1) is 26.4. The van der Waals surface area contributed by atoms with Gasteiger partial charge in [0, 0.05) is 0 Å². The first kappa shape index (κ1) is 46.0. The number of rotatable bonds is 13. The number of hydrogen-bond donors (Lipinski definition) is 17. The van der Waals surface area contributed by atoms with Gasteiger partial charge in [0.05, 0.1) is 33.0 Å². The van der Waals surface area contributed by atoms with Crippen LogP contribution >= 0.6 is 0 Å². The molecule has 0 spiro atoms. The van der Waals surface area contributed by atoms with Gasteiger partial charge in [0.15, 0.2) is 31.5 Å². The Morgan fingerprint density at radius 2 is 0.625 bits per heavy atom. The van der Waals surface area contributed by atoms with Crippen LogP contribution in [0.4, 0.5) is 0 Å². The Balaban J connectivity index is 1.20. The molecule has 56 heavy (non-hydrogen) atoms. The van der Waals surface area contributed by atoms with E-state index in [-0.39, 0.29) is 0 Å². The summed E-state index contributed by atoms with van der Waals surface area (Å²) in [5, 5.41) is 174. The van der Waals surface area contributed by atoms with Gasteiger partial charge >= 0.3 is 0 Å². The molecule has 0 amide bonds. The molecule has 17 N–H and O–H groups in total. The molecular formula is C30H52O26. The van der Waals surface area contributed by atoms with Gasteiger partial charge in [-0.15, -0.1) is 0 Å². The van der Waals surface area contributed by atoms with E-state index in [1.807, 2.05) is 0 Å². The number of ether oxygens (including phenoxy) is 9. The summed E-state index contributed by atoms with van der Waals surface area (Å²) in [5.74, 6) is 0. The molecule has 5 saturated heterocycles. The van der Waals surface area contributed by atoms with Gasteiger partial charge in [-0.25, -0.2) is 0 Å². The normalized spacial score (nSPS) is 53.2. The molecule has 5 fully saturated rings. The number of aliphatic hydroxyl groups is 17. The molecular weight excluding hydrogens is 776 g/mol. The fourth-order valence-electron chi connectivity index (χ4n) is 6.71. The molecule has 0 aliphatic carbocycles. The molecule has 26 heteroatoms. The zero-order valence-electron chi connectivity index (χ0n) is 29.2. The van der Waals surface area contributed by atoms with Gasteiger partial charge in [0.1, 0.15) is 122 Å². The Bertz CT molecular complexity index is 1210. The van der Waals surface area contributed by atoms with Gasteiger partial charge in [-0.2, -0.15) is 0 Å². The van der Waals surface area contributed by atoms with Gasteiger partial charge in [-0.05, 0) is 0 Å². The van der Waals surface area contributed by atoms with Crippen molar-refractivity contribution < 1.29 is 129 Å². The molecule has 328 valence electrons. The average molecular weight is 829 g/mol. The summed E-state index contributed by atoms with van der Waals surface area (Å²) in [5.41, 5.74) is 0. The lowest BCUT2D eigenvalue weighted by Crippen LogP contribution is -2.65. The molecule has 5 heterocycles. The van der Waals surface area contributed by atoms with Crippen molar-refractivity contribution in [2.24, 2.45) is 0 Å². The molecule has 0 aromatic rings. The molecule has 26 nitrogen and oxygen atoms in total. The molecule has 5 aliphatic rings. The van der Waals surface area contributed by atoms with E-state index >= 15 is 0 Å². The van der Waals surface area contributed by atoms with Gasteiger partial charge in [-0.3, -0.25) is 0 Å². The highest BCUT2D eigenvalue weighted by atomic mass is 16.8. The van der Waals surface area contributed by atoms with E-state index in [0.29, 0.717) is 0 Å². The van der Waals surface area contributed by atoms with Crippen molar-refractivity contribution in [2.75, 3.05) is 33.0 Å². The van der Waals surface area contributed by atoms with E-state index < -0.39 is 187 Å². The van der Waals surface area contributed by atoms with Crippen LogP contribution in [0.15, 0.2) is 0 Å². The van der Waals surface area contributed by atoms with Gasteiger partial charge < -0.3 is 129 Å². The Labute approximate surface area is 316 Å². The van der Waals surface area contributed by atoms with Crippen molar-refractivity contribution in [1.29, 1.82) is 0 Å². The van der Waals surface area contributed by atoms with Gasteiger partial charge in [0.2, 0.25) is 0 Å². The third-order valence-corrected chi connectivity index (χ3v) is 10.3. The summed E-state index contributed by atoms with van der Waals surface area (Å²) in [6.45, 7) is -3.82. The predicted octanol–water partition coefficient (Wildman–Crippen LogP) is -11.9. The molecule has 1 unspecified atom stereocenters. The second-order valence-electron chi connectivity index (χ2n) is 14.1. The lowest BCUT2D eigenvalue weighted by Gasteiger charge is -2.46. The lowest BCUT2D eigenvalue weighted by molar-refractivity contribution is -0.370. The van der Waals surface area contributed by atoms with Crippen LogP contribution in [0.2, 0.25) is 0 Å². The average Bonchev–Trinajstić information content (AvgIpc) is 3.18. The molecule has 0 radical (unpaired) electrons. The molecule has 25 atom stereocenters. The maximum atomic E-state index is 11.0. The minimum absolute atomic E-state index is 0.687. The maximum absolute atomic E-state index is 11.0. The van der Waals surface area contributed by atoms with Crippen LogP contribution < -0.4 is 0 Å². The van der Waals surface area contributed by atoms with Crippen LogP contribution in [0.1, 0.15) is 0 Å². The van der Waals surface area contributed by atoms with E-state index in [1.165, 1.54) is 0 Å². The quantitative estimate of drug-likeness (QED) is 0.0819. The van der Waals surface area contributed by atoms with Crippen molar-refractivity contribution in [1.82, 2.24) is 0 Å². The first-order valence-electron chi connectivity index (χ1n) is 17.6. The largest absolute Gasteiger partial charge is 0.394 e. The minimum atomic E-state index is -2.06. The molecule has 0 saturated carbocycles. The highest BCUT2D eigenvalue weighted by Crippen LogP contribution is 2.32. The highest BCUT2D eigenvalue weighted by Gasteiger charge is 2.53. The number of aliphatic hydroxyl groups excluding tert-OH is 17. The SMILES string of the molecule is OC[C@H]1O[C@@H](OC[C@H]2O[C@@H](OC[C@H]3O[C@@H](O[C@@H]4[C@@H](O)[C@H](OC[C@H]5OC(O)[C@H](O)[C@@H](O)[C@@H]5O)O[C@H](CO)[C@H]4O)[C@H](O)[C@@H](O)[C@@H]3O)[C@H](O)[C@@H](O)[C@@H]2O)[C@H](O)[C@@H](O)[C@@H]1O. The Kier molecular flexibility index (Phi) is 16.1. The van der Waals surface area contributed by atoms with Crippen LogP contribution in [0, 0.1) is 0 Å². The summed E-state index contributed by atoms with van der Waals surface area (Å²) in [7, 11) is 0. The van der Waals surface area contributed by atoms with Crippen LogP contribution in [0.3, 0.4) is 0 Å². The van der Waals surface area contributed by atoms with Crippen LogP contribution in [-0.2, 0) is 42.6 Å². The maximum Gasteiger partial charge on any atom is 0.187 e. The first-order valence-corrected chi connectivity index (χ1v) is 17.6. The summed E-state index contributed by atoms with van der Waals surface area (Å²) in [6, 6.07) is 0. The van der Waals surface area contributed by atoms with E-state index in [1.54, 1.807) is 0 Å². The zero-order valence-corrected chi connectivity index (χ0v) is 29.2. The van der Waals surface area contributed by atoms with Crippen molar-refractivity contribution in [3.63, 3.8) is 0 Å². The van der Waals surface area contributed by atoms with Crippen molar-refractivity contribution in [2.45, 2.75) is 154 Å². The van der Waals surface area contributed by atoms with Crippen LogP contribution in [0.25, 0.3) is 0 Å². The topological polar surface area (TPSA) is 427 Å². The Morgan fingerprint density at radius 1 is 0.304 bits per heavy atom. The summed E-state index contributed by atoms with van der Waals surface area (Å²) >= 11 is 0. The second-order valence-corrected chi connectivity index (χ2v) is 14.1. The zero-order chi connectivity index (χ0) is 41.3. The third-order valence-electron chi connectivity index (χ3n) is 10.3. The van der Waals surface area contributed by atoms with Crippen molar-refractivity contribution in [3.05, 3.63) is 0 Å².